The molecular weight excluding hydrogens is 293 g/mol. The number of carbonyl (C=O) groups is 1. The molecule has 122 valence electrons. The Hall–Kier alpha value is -2.36. The summed E-state index contributed by atoms with van der Waals surface area (Å²) in [6.45, 7) is 7.72. The van der Waals surface area contributed by atoms with Gasteiger partial charge in [0.15, 0.2) is 11.6 Å². The van der Waals surface area contributed by atoms with E-state index in [0.717, 1.165) is 22.3 Å². The summed E-state index contributed by atoms with van der Waals surface area (Å²) in [6, 6.07) is 8.82. The molecule has 0 fully saturated rings. The van der Waals surface area contributed by atoms with Crippen molar-refractivity contribution in [3.8, 4) is 5.75 Å². The minimum atomic E-state index is -0.374. The maximum atomic E-state index is 14.0. The van der Waals surface area contributed by atoms with Gasteiger partial charge in [-0.25, -0.2) is 4.39 Å². The predicted molar refractivity (Wildman–Crippen MR) is 90.3 cm³/mol. The highest BCUT2D eigenvalue weighted by molar-refractivity contribution is 5.91. The molecule has 2 rings (SSSR count). The lowest BCUT2D eigenvalue weighted by Crippen LogP contribution is -2.13. The largest absolute Gasteiger partial charge is 0.486 e. The molecule has 0 aliphatic carbocycles. The van der Waals surface area contributed by atoms with Crippen LogP contribution in [0, 0.1) is 26.6 Å². The second-order valence-electron chi connectivity index (χ2n) is 5.66. The summed E-state index contributed by atoms with van der Waals surface area (Å²) in [4.78, 5) is 11.6. The minimum Gasteiger partial charge on any atom is -0.486 e. The van der Waals surface area contributed by atoms with Crippen molar-refractivity contribution in [3.63, 3.8) is 0 Å². The molecule has 23 heavy (non-hydrogen) atoms. The van der Waals surface area contributed by atoms with Gasteiger partial charge in [-0.2, -0.15) is 0 Å². The number of aryl methyl sites for hydroxylation is 3. The van der Waals surface area contributed by atoms with Crippen molar-refractivity contribution < 1.29 is 13.9 Å². The van der Waals surface area contributed by atoms with Crippen LogP contribution in [0.1, 0.15) is 35.6 Å². The fourth-order valence-corrected chi connectivity index (χ4v) is 2.26. The monoisotopic (exact) mass is 315 g/mol. The summed E-state index contributed by atoms with van der Waals surface area (Å²) in [7, 11) is 0. The smallest absolute Gasteiger partial charge is 0.224 e. The third kappa shape index (κ3) is 4.09. The molecule has 0 spiro atoms. The van der Waals surface area contributed by atoms with Crippen LogP contribution in [-0.4, -0.2) is 5.91 Å². The molecule has 0 aliphatic heterocycles. The van der Waals surface area contributed by atoms with E-state index >= 15 is 0 Å². The molecule has 0 heterocycles. The minimum absolute atomic E-state index is 0.0609. The van der Waals surface area contributed by atoms with E-state index in [2.05, 4.69) is 5.32 Å². The molecule has 1 amide bonds. The zero-order chi connectivity index (χ0) is 17.0. The lowest BCUT2D eigenvalue weighted by Gasteiger charge is -2.15. The van der Waals surface area contributed by atoms with Gasteiger partial charge in [0.25, 0.3) is 0 Å². The summed E-state index contributed by atoms with van der Waals surface area (Å²) >= 11 is 0. The Morgan fingerprint density at radius 1 is 1.13 bits per heavy atom. The molecule has 3 nitrogen and oxygen atoms in total. The zero-order valence-corrected chi connectivity index (χ0v) is 14.0. The maximum absolute atomic E-state index is 14.0. The number of hydrogen-bond donors (Lipinski definition) is 1. The standard InChI is InChI=1S/C19H22FNO2/c1-5-19(22)21-17-8-6-7-12(2)15(17)11-23-18-10-14(4)13(3)9-16(18)20/h6-10H,5,11H2,1-4H3,(H,21,22). The molecule has 0 saturated carbocycles. The van der Waals surface area contributed by atoms with Gasteiger partial charge in [0.1, 0.15) is 6.61 Å². The SMILES string of the molecule is CCC(=O)Nc1cccc(C)c1COc1cc(C)c(C)cc1F. The Balaban J connectivity index is 2.23. The van der Waals surface area contributed by atoms with Gasteiger partial charge in [0, 0.05) is 17.7 Å². The van der Waals surface area contributed by atoms with E-state index in [0.29, 0.717) is 12.1 Å². The van der Waals surface area contributed by atoms with Crippen LogP contribution in [-0.2, 0) is 11.4 Å². The molecule has 0 radical (unpaired) electrons. The van der Waals surface area contributed by atoms with Crippen LogP contribution in [0.15, 0.2) is 30.3 Å². The zero-order valence-electron chi connectivity index (χ0n) is 14.0. The van der Waals surface area contributed by atoms with E-state index in [1.54, 1.807) is 13.0 Å². The molecule has 0 atom stereocenters. The molecule has 0 aliphatic rings. The van der Waals surface area contributed by atoms with E-state index in [-0.39, 0.29) is 24.1 Å². The van der Waals surface area contributed by atoms with Crippen molar-refractivity contribution in [3.05, 3.63) is 58.4 Å². The van der Waals surface area contributed by atoms with Gasteiger partial charge < -0.3 is 10.1 Å². The van der Waals surface area contributed by atoms with Crippen molar-refractivity contribution in [2.75, 3.05) is 5.32 Å². The number of benzene rings is 2. The molecule has 0 bridgehead atoms. The molecule has 4 heteroatoms. The van der Waals surface area contributed by atoms with E-state index in [1.807, 2.05) is 39.0 Å². The Morgan fingerprint density at radius 3 is 2.52 bits per heavy atom. The van der Waals surface area contributed by atoms with E-state index in [1.165, 1.54) is 6.07 Å². The average Bonchev–Trinajstić information content (AvgIpc) is 2.51. The number of anilines is 1. The topological polar surface area (TPSA) is 38.3 Å². The predicted octanol–water partition coefficient (Wildman–Crippen LogP) is 4.68. The number of halogens is 1. The van der Waals surface area contributed by atoms with Gasteiger partial charge >= 0.3 is 0 Å². The van der Waals surface area contributed by atoms with Gasteiger partial charge in [0.05, 0.1) is 0 Å². The number of amides is 1. The summed E-state index contributed by atoms with van der Waals surface area (Å²) in [5.41, 5.74) is 4.42. The van der Waals surface area contributed by atoms with Gasteiger partial charge in [0.2, 0.25) is 5.91 Å². The van der Waals surface area contributed by atoms with Gasteiger partial charge in [-0.05, 0) is 55.7 Å². The van der Waals surface area contributed by atoms with Crippen LogP contribution in [0.3, 0.4) is 0 Å². The van der Waals surface area contributed by atoms with Gasteiger partial charge in [-0.1, -0.05) is 19.1 Å². The Bertz CT molecular complexity index is 726. The summed E-state index contributed by atoms with van der Waals surface area (Å²) < 4.78 is 19.7. The first-order valence-corrected chi connectivity index (χ1v) is 7.70. The van der Waals surface area contributed by atoms with Crippen molar-refractivity contribution in [2.45, 2.75) is 40.7 Å². The summed E-state index contributed by atoms with van der Waals surface area (Å²) in [6.07, 6.45) is 0.403. The number of rotatable bonds is 5. The summed E-state index contributed by atoms with van der Waals surface area (Å²) in [5.74, 6) is -0.209. The molecule has 2 aromatic carbocycles. The van der Waals surface area contributed by atoms with Crippen LogP contribution in [0.4, 0.5) is 10.1 Å². The quantitative estimate of drug-likeness (QED) is 0.870. The van der Waals surface area contributed by atoms with Crippen LogP contribution >= 0.6 is 0 Å². The highest BCUT2D eigenvalue weighted by Crippen LogP contribution is 2.26. The third-order valence-electron chi connectivity index (χ3n) is 3.93. The first-order valence-electron chi connectivity index (χ1n) is 7.70. The van der Waals surface area contributed by atoms with Crippen molar-refractivity contribution >= 4 is 11.6 Å². The number of hydrogen-bond acceptors (Lipinski definition) is 2. The Kier molecular flexibility index (Phi) is 5.37. The van der Waals surface area contributed by atoms with Crippen molar-refractivity contribution in [1.82, 2.24) is 0 Å². The highest BCUT2D eigenvalue weighted by Gasteiger charge is 2.11. The molecule has 0 aromatic heterocycles. The van der Waals surface area contributed by atoms with Crippen LogP contribution < -0.4 is 10.1 Å². The van der Waals surface area contributed by atoms with Crippen molar-refractivity contribution in [1.29, 1.82) is 0 Å². The van der Waals surface area contributed by atoms with Crippen molar-refractivity contribution in [2.24, 2.45) is 0 Å². The fourth-order valence-electron chi connectivity index (χ4n) is 2.26. The molecule has 0 unspecified atom stereocenters. The Morgan fingerprint density at radius 2 is 1.83 bits per heavy atom. The molecular formula is C19H22FNO2. The number of nitrogens with one attached hydrogen (secondary N) is 1. The molecule has 2 aromatic rings. The highest BCUT2D eigenvalue weighted by atomic mass is 19.1. The molecule has 1 N–H and O–H groups in total. The lowest BCUT2D eigenvalue weighted by molar-refractivity contribution is -0.115. The summed E-state index contributed by atoms with van der Waals surface area (Å²) in [5, 5.41) is 2.86. The number of ether oxygens (including phenoxy) is 1. The van der Waals surface area contributed by atoms with E-state index < -0.39 is 0 Å². The first-order chi connectivity index (χ1) is 10.9. The first kappa shape index (κ1) is 17.0. The van der Waals surface area contributed by atoms with E-state index in [9.17, 15) is 9.18 Å². The number of carbonyl (C=O) groups excluding carboxylic acids is 1. The normalized spacial score (nSPS) is 10.5. The maximum Gasteiger partial charge on any atom is 0.224 e. The van der Waals surface area contributed by atoms with E-state index in [4.69, 9.17) is 4.74 Å². The third-order valence-corrected chi connectivity index (χ3v) is 3.93. The lowest BCUT2D eigenvalue weighted by atomic mass is 10.1. The van der Waals surface area contributed by atoms with Gasteiger partial charge in [-0.3, -0.25) is 4.79 Å². The second kappa shape index (κ2) is 7.27. The molecule has 0 saturated heterocycles. The average molecular weight is 315 g/mol. The van der Waals surface area contributed by atoms with Crippen LogP contribution in [0.2, 0.25) is 0 Å². The Labute approximate surface area is 136 Å². The van der Waals surface area contributed by atoms with Gasteiger partial charge in [-0.15, -0.1) is 0 Å². The van der Waals surface area contributed by atoms with Crippen LogP contribution in [0.5, 0.6) is 5.75 Å². The van der Waals surface area contributed by atoms with Crippen LogP contribution in [0.25, 0.3) is 0 Å². The second-order valence-corrected chi connectivity index (χ2v) is 5.66. The fraction of sp³-hybridized carbons (Fsp3) is 0.316.